The molecule has 0 saturated carbocycles. The molecule has 20 heavy (non-hydrogen) atoms. The van der Waals surface area contributed by atoms with Crippen molar-refractivity contribution in [3.63, 3.8) is 0 Å². The first-order valence-corrected chi connectivity index (χ1v) is 6.04. The molecule has 2 rings (SSSR count). The smallest absolute Gasteiger partial charge is 0.254 e. The van der Waals surface area contributed by atoms with Gasteiger partial charge in [-0.25, -0.2) is 9.37 Å². The van der Waals surface area contributed by atoms with Crippen molar-refractivity contribution in [1.82, 2.24) is 10.3 Å². The predicted octanol–water partition coefficient (Wildman–Crippen LogP) is 1.48. The second-order valence-corrected chi connectivity index (χ2v) is 4.23. The topological polar surface area (TPSA) is 88.2 Å². The standard InChI is InChI=1S/C14H14FN3O2/c15-12-11(6-8-17-13(12)16)14(20)18-7-5-9-1-3-10(19)4-2-9/h1-4,6,8,19H,5,7H2,(H2,16,17)(H,18,20). The minimum Gasteiger partial charge on any atom is -0.508 e. The number of amides is 1. The average Bonchev–Trinajstić information content (AvgIpc) is 2.44. The number of aromatic hydroxyl groups is 1. The molecule has 5 nitrogen and oxygen atoms in total. The Hall–Kier alpha value is -2.63. The first kappa shape index (κ1) is 13.8. The van der Waals surface area contributed by atoms with Gasteiger partial charge in [-0.3, -0.25) is 4.79 Å². The van der Waals surface area contributed by atoms with Crippen LogP contribution in [-0.4, -0.2) is 22.5 Å². The Labute approximate surface area is 115 Å². The van der Waals surface area contributed by atoms with Crippen molar-refractivity contribution in [2.24, 2.45) is 0 Å². The molecule has 0 bridgehead atoms. The van der Waals surface area contributed by atoms with E-state index in [9.17, 15) is 9.18 Å². The van der Waals surface area contributed by atoms with E-state index in [1.165, 1.54) is 12.3 Å². The van der Waals surface area contributed by atoms with E-state index in [-0.39, 0.29) is 17.1 Å². The van der Waals surface area contributed by atoms with E-state index in [2.05, 4.69) is 10.3 Å². The number of benzene rings is 1. The SMILES string of the molecule is Nc1nccc(C(=O)NCCc2ccc(O)cc2)c1F. The van der Waals surface area contributed by atoms with Crippen LogP contribution in [0.4, 0.5) is 10.2 Å². The highest BCUT2D eigenvalue weighted by Gasteiger charge is 2.13. The minimum absolute atomic E-state index is 0.122. The molecule has 0 aliphatic rings. The zero-order valence-corrected chi connectivity index (χ0v) is 10.6. The molecule has 2 aromatic rings. The van der Waals surface area contributed by atoms with Gasteiger partial charge in [0.1, 0.15) is 5.75 Å². The fraction of sp³-hybridized carbons (Fsp3) is 0.143. The number of nitrogens with one attached hydrogen (secondary N) is 1. The van der Waals surface area contributed by atoms with Crippen molar-refractivity contribution >= 4 is 11.7 Å². The zero-order valence-electron chi connectivity index (χ0n) is 10.6. The molecule has 0 unspecified atom stereocenters. The van der Waals surface area contributed by atoms with Crippen LogP contribution in [0.25, 0.3) is 0 Å². The van der Waals surface area contributed by atoms with E-state index in [1.54, 1.807) is 24.3 Å². The number of phenols is 1. The number of halogens is 1. The van der Waals surface area contributed by atoms with Crippen LogP contribution in [-0.2, 0) is 6.42 Å². The number of nitrogens with zero attached hydrogens (tertiary/aromatic N) is 1. The van der Waals surface area contributed by atoms with Crippen molar-refractivity contribution in [3.8, 4) is 5.75 Å². The lowest BCUT2D eigenvalue weighted by Gasteiger charge is -2.07. The number of hydrogen-bond acceptors (Lipinski definition) is 4. The van der Waals surface area contributed by atoms with Gasteiger partial charge in [-0.2, -0.15) is 0 Å². The average molecular weight is 275 g/mol. The number of pyridine rings is 1. The second-order valence-electron chi connectivity index (χ2n) is 4.23. The van der Waals surface area contributed by atoms with Gasteiger partial charge in [0, 0.05) is 12.7 Å². The molecular weight excluding hydrogens is 261 g/mol. The fourth-order valence-corrected chi connectivity index (χ4v) is 1.71. The number of rotatable bonds is 4. The largest absolute Gasteiger partial charge is 0.508 e. The summed E-state index contributed by atoms with van der Waals surface area (Å²) in [5.41, 5.74) is 6.14. The van der Waals surface area contributed by atoms with E-state index < -0.39 is 11.7 Å². The van der Waals surface area contributed by atoms with Gasteiger partial charge in [0.25, 0.3) is 5.91 Å². The quantitative estimate of drug-likeness (QED) is 0.788. The third-order valence-corrected chi connectivity index (χ3v) is 2.80. The molecule has 104 valence electrons. The summed E-state index contributed by atoms with van der Waals surface area (Å²) in [6, 6.07) is 7.93. The Morgan fingerprint density at radius 2 is 2.00 bits per heavy atom. The molecule has 0 spiro atoms. The number of aromatic nitrogens is 1. The Balaban J connectivity index is 1.92. The zero-order chi connectivity index (χ0) is 14.5. The van der Waals surface area contributed by atoms with Crippen molar-refractivity contribution in [1.29, 1.82) is 0 Å². The van der Waals surface area contributed by atoms with Crippen LogP contribution in [0.5, 0.6) is 5.75 Å². The van der Waals surface area contributed by atoms with Gasteiger partial charge >= 0.3 is 0 Å². The molecular formula is C14H14FN3O2. The van der Waals surface area contributed by atoms with Gasteiger partial charge in [0.2, 0.25) is 0 Å². The molecule has 1 aromatic carbocycles. The van der Waals surface area contributed by atoms with Crippen LogP contribution in [0.3, 0.4) is 0 Å². The second kappa shape index (κ2) is 6.01. The first-order chi connectivity index (χ1) is 9.58. The van der Waals surface area contributed by atoms with Gasteiger partial charge in [-0.15, -0.1) is 0 Å². The van der Waals surface area contributed by atoms with Gasteiger partial charge in [0.15, 0.2) is 11.6 Å². The normalized spacial score (nSPS) is 10.2. The molecule has 6 heteroatoms. The van der Waals surface area contributed by atoms with Crippen LogP contribution in [0, 0.1) is 5.82 Å². The van der Waals surface area contributed by atoms with Crippen molar-refractivity contribution in [2.75, 3.05) is 12.3 Å². The molecule has 0 aliphatic heterocycles. The predicted molar refractivity (Wildman–Crippen MR) is 72.8 cm³/mol. The summed E-state index contributed by atoms with van der Waals surface area (Å²) >= 11 is 0. The number of carbonyl (C=O) groups excluding carboxylic acids is 1. The maximum atomic E-state index is 13.6. The summed E-state index contributed by atoms with van der Waals surface area (Å²) in [5, 5.41) is 11.8. The molecule has 1 heterocycles. The fourth-order valence-electron chi connectivity index (χ4n) is 1.71. The van der Waals surface area contributed by atoms with Gasteiger partial charge in [-0.1, -0.05) is 12.1 Å². The van der Waals surface area contributed by atoms with E-state index in [0.717, 1.165) is 5.56 Å². The molecule has 0 saturated heterocycles. The lowest BCUT2D eigenvalue weighted by atomic mass is 10.1. The number of nitrogen functional groups attached to an aromatic ring is 1. The Kier molecular flexibility index (Phi) is 4.14. The maximum absolute atomic E-state index is 13.6. The van der Waals surface area contributed by atoms with Crippen molar-refractivity contribution in [3.05, 3.63) is 53.5 Å². The van der Waals surface area contributed by atoms with E-state index in [0.29, 0.717) is 13.0 Å². The monoisotopic (exact) mass is 275 g/mol. The third kappa shape index (κ3) is 3.23. The van der Waals surface area contributed by atoms with Gasteiger partial charge in [-0.05, 0) is 30.2 Å². The minimum atomic E-state index is -0.811. The number of anilines is 1. The highest BCUT2D eigenvalue weighted by Crippen LogP contribution is 2.12. The molecule has 1 aromatic heterocycles. The van der Waals surface area contributed by atoms with Gasteiger partial charge in [0.05, 0.1) is 5.56 Å². The number of phenolic OH excluding ortho intramolecular Hbond substituents is 1. The Morgan fingerprint density at radius 1 is 1.30 bits per heavy atom. The number of nitrogens with two attached hydrogens (primary N) is 1. The summed E-state index contributed by atoms with van der Waals surface area (Å²) in [7, 11) is 0. The van der Waals surface area contributed by atoms with Crippen LogP contribution in [0.1, 0.15) is 15.9 Å². The first-order valence-electron chi connectivity index (χ1n) is 6.04. The highest BCUT2D eigenvalue weighted by molar-refractivity contribution is 5.95. The lowest BCUT2D eigenvalue weighted by molar-refractivity contribution is 0.0950. The molecule has 0 aliphatic carbocycles. The van der Waals surface area contributed by atoms with Crippen LogP contribution in [0.15, 0.2) is 36.5 Å². The van der Waals surface area contributed by atoms with E-state index >= 15 is 0 Å². The summed E-state index contributed by atoms with van der Waals surface area (Å²) in [6.07, 6.45) is 1.86. The summed E-state index contributed by atoms with van der Waals surface area (Å²) < 4.78 is 13.6. The van der Waals surface area contributed by atoms with E-state index in [4.69, 9.17) is 10.8 Å². The van der Waals surface area contributed by atoms with Crippen LogP contribution < -0.4 is 11.1 Å². The van der Waals surface area contributed by atoms with E-state index in [1.807, 2.05) is 0 Å². The third-order valence-electron chi connectivity index (χ3n) is 2.80. The molecule has 0 atom stereocenters. The maximum Gasteiger partial charge on any atom is 0.254 e. The van der Waals surface area contributed by atoms with Crippen LogP contribution in [0.2, 0.25) is 0 Å². The van der Waals surface area contributed by atoms with Crippen LogP contribution >= 0.6 is 0 Å². The molecule has 0 fully saturated rings. The number of hydrogen-bond donors (Lipinski definition) is 3. The highest BCUT2D eigenvalue weighted by atomic mass is 19.1. The Morgan fingerprint density at radius 3 is 2.70 bits per heavy atom. The van der Waals surface area contributed by atoms with Gasteiger partial charge < -0.3 is 16.2 Å². The molecule has 0 radical (unpaired) electrons. The Bertz CT molecular complexity index is 614. The summed E-state index contributed by atoms with van der Waals surface area (Å²) in [5.74, 6) is -1.45. The summed E-state index contributed by atoms with van der Waals surface area (Å²) in [4.78, 5) is 15.3. The lowest BCUT2D eigenvalue weighted by Crippen LogP contribution is -2.27. The molecule has 1 amide bonds. The van der Waals surface area contributed by atoms with Crippen molar-refractivity contribution < 1.29 is 14.3 Å². The summed E-state index contributed by atoms with van der Waals surface area (Å²) in [6.45, 7) is 0.352. The number of carbonyl (C=O) groups is 1. The van der Waals surface area contributed by atoms with Crippen molar-refractivity contribution in [2.45, 2.75) is 6.42 Å². The molecule has 4 N–H and O–H groups in total.